The Morgan fingerprint density at radius 2 is 2.00 bits per heavy atom. The van der Waals surface area contributed by atoms with Gasteiger partial charge in [-0.3, -0.25) is 4.79 Å². The fourth-order valence-electron chi connectivity index (χ4n) is 0.623. The van der Waals surface area contributed by atoms with Crippen molar-refractivity contribution in [2.24, 2.45) is 5.14 Å². The predicted molar refractivity (Wildman–Crippen MR) is 39.2 cm³/mol. The van der Waals surface area contributed by atoms with Crippen LogP contribution in [-0.2, 0) is 10.2 Å². The molecule has 0 saturated carbocycles. The van der Waals surface area contributed by atoms with Crippen molar-refractivity contribution in [3.8, 4) is 0 Å². The fourth-order valence-corrected chi connectivity index (χ4v) is 1.17. The molecule has 0 fully saturated rings. The van der Waals surface area contributed by atoms with Gasteiger partial charge in [0.1, 0.15) is 0 Å². The molecule has 5 nitrogen and oxygen atoms in total. The third-order valence-corrected chi connectivity index (χ3v) is 1.91. The minimum atomic E-state index is -3.93. The number of rotatable bonds is 1. The molecule has 0 aliphatic rings. The lowest BCUT2D eigenvalue weighted by Gasteiger charge is -1.98. The minimum absolute atomic E-state index is 0.465. The third kappa shape index (κ3) is 1.66. The summed E-state index contributed by atoms with van der Waals surface area (Å²) in [5, 5.41) is 4.69. The quantitative estimate of drug-likeness (QED) is 0.586. The van der Waals surface area contributed by atoms with Crippen LogP contribution in [-0.4, -0.2) is 12.4 Å². The molecular formula is C5H6N2O3S. The highest BCUT2D eigenvalue weighted by atomic mass is 32.2. The third-order valence-electron chi connectivity index (χ3n) is 1.06. The molecule has 1 heterocycles. The first-order valence-corrected chi connectivity index (χ1v) is 4.23. The number of nitrogens with two attached hydrogens (primary N) is 1. The molecular weight excluding hydrogens is 168 g/mol. The van der Waals surface area contributed by atoms with Crippen molar-refractivity contribution >= 4 is 10.2 Å². The van der Waals surface area contributed by atoms with E-state index >= 15 is 0 Å². The molecule has 60 valence electrons. The molecule has 0 amide bonds. The molecule has 0 aliphatic heterocycles. The van der Waals surface area contributed by atoms with E-state index in [1.165, 1.54) is 12.1 Å². The van der Waals surface area contributed by atoms with E-state index in [0.717, 1.165) is 12.3 Å². The van der Waals surface area contributed by atoms with Crippen molar-refractivity contribution < 1.29 is 8.42 Å². The summed E-state index contributed by atoms with van der Waals surface area (Å²) in [6.07, 6.45) is 1.09. The van der Waals surface area contributed by atoms with Crippen molar-refractivity contribution in [1.82, 2.24) is 3.97 Å². The SMILES string of the molecule is NS(=O)(=O)n1ccccc1=O. The van der Waals surface area contributed by atoms with Crippen LogP contribution in [0.1, 0.15) is 0 Å². The first-order valence-electron chi connectivity index (χ1n) is 2.73. The summed E-state index contributed by atoms with van der Waals surface area (Å²) in [6.45, 7) is 0. The summed E-state index contributed by atoms with van der Waals surface area (Å²) in [7, 11) is -3.93. The average Bonchev–Trinajstić information content (AvgIpc) is 1.86. The maximum absolute atomic E-state index is 10.8. The summed E-state index contributed by atoms with van der Waals surface area (Å²) < 4.78 is 21.7. The molecule has 0 saturated heterocycles. The van der Waals surface area contributed by atoms with Gasteiger partial charge in [0, 0.05) is 12.3 Å². The Kier molecular flexibility index (Phi) is 1.79. The van der Waals surface area contributed by atoms with Gasteiger partial charge in [0.2, 0.25) is 0 Å². The summed E-state index contributed by atoms with van der Waals surface area (Å²) in [4.78, 5) is 10.8. The van der Waals surface area contributed by atoms with Crippen LogP contribution in [0.4, 0.5) is 0 Å². The van der Waals surface area contributed by atoms with Gasteiger partial charge in [-0.1, -0.05) is 6.07 Å². The first-order chi connectivity index (χ1) is 5.02. The zero-order chi connectivity index (χ0) is 8.48. The van der Waals surface area contributed by atoms with E-state index in [1.54, 1.807) is 0 Å². The molecule has 0 aliphatic carbocycles. The van der Waals surface area contributed by atoms with Crippen LogP contribution >= 0.6 is 0 Å². The predicted octanol–water partition coefficient (Wildman–Crippen LogP) is -1.10. The van der Waals surface area contributed by atoms with Crippen LogP contribution in [0.15, 0.2) is 29.2 Å². The van der Waals surface area contributed by atoms with Gasteiger partial charge in [0.25, 0.3) is 5.56 Å². The van der Waals surface area contributed by atoms with Crippen molar-refractivity contribution in [3.05, 3.63) is 34.7 Å². The van der Waals surface area contributed by atoms with E-state index in [-0.39, 0.29) is 0 Å². The number of hydrogen-bond donors (Lipinski definition) is 1. The van der Waals surface area contributed by atoms with Crippen LogP contribution in [0.5, 0.6) is 0 Å². The summed E-state index contributed by atoms with van der Waals surface area (Å²) in [5.74, 6) is 0. The van der Waals surface area contributed by atoms with Gasteiger partial charge >= 0.3 is 10.2 Å². The second kappa shape index (κ2) is 2.48. The zero-order valence-corrected chi connectivity index (χ0v) is 6.28. The van der Waals surface area contributed by atoms with Gasteiger partial charge in [0.05, 0.1) is 0 Å². The summed E-state index contributed by atoms with van der Waals surface area (Å²) in [6, 6.07) is 3.96. The molecule has 0 bridgehead atoms. The molecule has 11 heavy (non-hydrogen) atoms. The normalized spacial score (nSPS) is 11.4. The fraction of sp³-hybridized carbons (Fsp3) is 0. The van der Waals surface area contributed by atoms with Crippen molar-refractivity contribution in [1.29, 1.82) is 0 Å². The van der Waals surface area contributed by atoms with Crippen LogP contribution < -0.4 is 10.7 Å². The lowest BCUT2D eigenvalue weighted by atomic mass is 10.5. The Hall–Kier alpha value is -1.14. The Morgan fingerprint density at radius 3 is 2.36 bits per heavy atom. The molecule has 0 radical (unpaired) electrons. The number of aromatic nitrogens is 1. The Balaban J connectivity index is 3.50. The lowest BCUT2D eigenvalue weighted by Crippen LogP contribution is -2.31. The van der Waals surface area contributed by atoms with E-state index in [2.05, 4.69) is 0 Å². The van der Waals surface area contributed by atoms with E-state index in [1.807, 2.05) is 0 Å². The van der Waals surface area contributed by atoms with Crippen molar-refractivity contribution in [3.63, 3.8) is 0 Å². The van der Waals surface area contributed by atoms with Crippen LogP contribution in [0.2, 0.25) is 0 Å². The molecule has 6 heteroatoms. The second-order valence-electron chi connectivity index (χ2n) is 1.88. The molecule has 1 aromatic heterocycles. The molecule has 0 spiro atoms. The zero-order valence-electron chi connectivity index (χ0n) is 5.47. The van der Waals surface area contributed by atoms with Gasteiger partial charge in [-0.25, -0.2) is 5.14 Å². The van der Waals surface area contributed by atoms with E-state index in [0.29, 0.717) is 3.97 Å². The van der Waals surface area contributed by atoms with Crippen LogP contribution in [0, 0.1) is 0 Å². The highest BCUT2D eigenvalue weighted by molar-refractivity contribution is 7.87. The molecule has 0 aromatic carbocycles. The highest BCUT2D eigenvalue weighted by Gasteiger charge is 2.04. The maximum Gasteiger partial charge on any atom is 0.305 e. The van der Waals surface area contributed by atoms with Crippen LogP contribution in [0.25, 0.3) is 0 Å². The molecule has 0 unspecified atom stereocenters. The Labute approximate surface area is 63.3 Å². The Morgan fingerprint density at radius 1 is 1.36 bits per heavy atom. The topological polar surface area (TPSA) is 82.2 Å². The lowest BCUT2D eigenvalue weighted by molar-refractivity contribution is 0.587. The van der Waals surface area contributed by atoms with E-state index in [4.69, 9.17) is 5.14 Å². The van der Waals surface area contributed by atoms with Gasteiger partial charge in [-0.15, -0.1) is 0 Å². The average molecular weight is 174 g/mol. The van der Waals surface area contributed by atoms with Crippen LogP contribution in [0.3, 0.4) is 0 Å². The Bertz CT molecular complexity index is 406. The summed E-state index contributed by atoms with van der Waals surface area (Å²) >= 11 is 0. The highest BCUT2D eigenvalue weighted by Crippen LogP contribution is 1.83. The van der Waals surface area contributed by atoms with Gasteiger partial charge in [-0.2, -0.15) is 12.4 Å². The molecule has 0 atom stereocenters. The number of hydrogen-bond acceptors (Lipinski definition) is 3. The van der Waals surface area contributed by atoms with E-state index in [9.17, 15) is 13.2 Å². The standard InChI is InChI=1S/C5H6N2O3S/c6-11(9,10)7-4-2-1-3-5(7)8/h1-4H,(H2,6,9,10). The maximum atomic E-state index is 10.8. The number of nitrogens with zero attached hydrogens (tertiary/aromatic N) is 1. The van der Waals surface area contributed by atoms with E-state index < -0.39 is 15.8 Å². The van der Waals surface area contributed by atoms with Gasteiger partial charge in [-0.05, 0) is 6.07 Å². The van der Waals surface area contributed by atoms with Crippen molar-refractivity contribution in [2.75, 3.05) is 0 Å². The smallest absolute Gasteiger partial charge is 0.268 e. The van der Waals surface area contributed by atoms with Crippen molar-refractivity contribution in [2.45, 2.75) is 0 Å². The summed E-state index contributed by atoms with van der Waals surface area (Å²) in [5.41, 5.74) is -0.657. The number of pyridine rings is 1. The largest absolute Gasteiger partial charge is 0.305 e. The molecule has 1 aromatic rings. The van der Waals surface area contributed by atoms with Gasteiger partial charge in [0.15, 0.2) is 0 Å². The molecule has 2 N–H and O–H groups in total. The first kappa shape index (κ1) is 7.96. The molecule has 1 rings (SSSR count). The second-order valence-corrected chi connectivity index (χ2v) is 3.30. The minimum Gasteiger partial charge on any atom is -0.268 e. The monoisotopic (exact) mass is 174 g/mol. The van der Waals surface area contributed by atoms with Gasteiger partial charge < -0.3 is 0 Å².